The third-order valence-corrected chi connectivity index (χ3v) is 4.06. The largest absolute Gasteiger partial charge is 0.480 e. The van der Waals surface area contributed by atoms with Gasteiger partial charge in [0.2, 0.25) is 5.88 Å². The smallest absolute Gasteiger partial charge is 0.233 e. The molecule has 6 heteroatoms. The summed E-state index contributed by atoms with van der Waals surface area (Å²) in [5.74, 6) is 0.500. The Morgan fingerprint density at radius 3 is 2.59 bits per heavy atom. The van der Waals surface area contributed by atoms with E-state index in [2.05, 4.69) is 20.1 Å². The number of likely N-dealkylation sites (tertiary alicyclic amines) is 1. The molecule has 22 heavy (non-hydrogen) atoms. The summed E-state index contributed by atoms with van der Waals surface area (Å²) in [4.78, 5) is 6.36. The highest BCUT2D eigenvalue weighted by atomic mass is 19.1. The van der Waals surface area contributed by atoms with Crippen LogP contribution in [0.1, 0.15) is 24.2 Å². The summed E-state index contributed by atoms with van der Waals surface area (Å²) in [6, 6.07) is 9.10. The Morgan fingerprint density at radius 2 is 2.00 bits per heavy atom. The summed E-state index contributed by atoms with van der Waals surface area (Å²) >= 11 is 0. The predicted molar refractivity (Wildman–Crippen MR) is 80.1 cm³/mol. The molecule has 5 nitrogen and oxygen atoms in total. The number of nitrogens with zero attached hydrogens (tertiary/aromatic N) is 4. The maximum Gasteiger partial charge on any atom is 0.233 e. The fourth-order valence-electron chi connectivity index (χ4n) is 2.72. The Morgan fingerprint density at radius 1 is 1.18 bits per heavy atom. The second-order valence-corrected chi connectivity index (χ2v) is 5.52. The highest BCUT2D eigenvalue weighted by molar-refractivity contribution is 5.15. The molecule has 1 aliphatic heterocycles. The molecule has 3 rings (SSSR count). The summed E-state index contributed by atoms with van der Waals surface area (Å²) in [6.07, 6.45) is 2.55. The fourth-order valence-corrected chi connectivity index (χ4v) is 2.72. The molecule has 0 unspecified atom stereocenters. The Bertz CT molecular complexity index is 597. The van der Waals surface area contributed by atoms with Crippen LogP contribution in [0.2, 0.25) is 0 Å². The second kappa shape index (κ2) is 6.36. The van der Waals surface area contributed by atoms with Crippen LogP contribution in [-0.2, 0) is 12.2 Å². The van der Waals surface area contributed by atoms with E-state index in [1.165, 1.54) is 0 Å². The van der Waals surface area contributed by atoms with Gasteiger partial charge in [-0.25, -0.2) is 4.39 Å². The van der Waals surface area contributed by atoms with E-state index in [0.717, 1.165) is 5.69 Å². The molecule has 116 valence electrons. The average Bonchev–Trinajstić information content (AvgIpc) is 2.59. The van der Waals surface area contributed by atoms with E-state index < -0.39 is 5.67 Å². The normalized spacial score (nSPS) is 18.1. The summed E-state index contributed by atoms with van der Waals surface area (Å²) < 4.78 is 20.0. The molecule has 2 aromatic rings. The molecule has 3 heterocycles. The van der Waals surface area contributed by atoms with Gasteiger partial charge in [0.25, 0.3) is 0 Å². The van der Waals surface area contributed by atoms with Crippen LogP contribution in [0.3, 0.4) is 0 Å². The molecule has 1 aliphatic rings. The molecule has 0 radical (unpaired) electrons. The van der Waals surface area contributed by atoms with Crippen LogP contribution in [0.4, 0.5) is 4.39 Å². The zero-order valence-corrected chi connectivity index (χ0v) is 12.6. The van der Waals surface area contributed by atoms with Gasteiger partial charge in [0.15, 0.2) is 5.67 Å². The van der Waals surface area contributed by atoms with Crippen molar-refractivity contribution in [3.8, 4) is 5.88 Å². The number of pyridine rings is 1. The summed E-state index contributed by atoms with van der Waals surface area (Å²) in [6.45, 7) is 2.04. The van der Waals surface area contributed by atoms with Gasteiger partial charge < -0.3 is 4.74 Å². The number of methoxy groups -OCH3 is 1. The van der Waals surface area contributed by atoms with Crippen LogP contribution in [0.25, 0.3) is 0 Å². The van der Waals surface area contributed by atoms with Gasteiger partial charge >= 0.3 is 0 Å². The highest BCUT2D eigenvalue weighted by Crippen LogP contribution is 2.35. The van der Waals surface area contributed by atoms with E-state index in [1.807, 2.05) is 18.2 Å². The number of ether oxygens (including phenoxy) is 1. The van der Waals surface area contributed by atoms with Gasteiger partial charge in [-0.1, -0.05) is 6.07 Å². The van der Waals surface area contributed by atoms with Crippen molar-refractivity contribution in [3.63, 3.8) is 0 Å². The van der Waals surface area contributed by atoms with E-state index in [-0.39, 0.29) is 0 Å². The van der Waals surface area contributed by atoms with Gasteiger partial charge in [-0.15, -0.1) is 5.10 Å². The lowest BCUT2D eigenvalue weighted by atomic mass is 9.89. The third-order valence-electron chi connectivity index (χ3n) is 4.06. The first-order chi connectivity index (χ1) is 10.7. The molecule has 1 saturated heterocycles. The zero-order valence-electron chi connectivity index (χ0n) is 12.6. The van der Waals surface area contributed by atoms with Crippen molar-refractivity contribution in [2.75, 3.05) is 20.2 Å². The van der Waals surface area contributed by atoms with Crippen LogP contribution >= 0.6 is 0 Å². The number of hydrogen-bond donors (Lipinski definition) is 0. The number of hydrogen-bond acceptors (Lipinski definition) is 5. The van der Waals surface area contributed by atoms with Crippen molar-refractivity contribution in [2.24, 2.45) is 0 Å². The van der Waals surface area contributed by atoms with Crippen molar-refractivity contribution < 1.29 is 9.13 Å². The fraction of sp³-hybridized carbons (Fsp3) is 0.438. The molecule has 0 aromatic carbocycles. The minimum atomic E-state index is -1.32. The maximum absolute atomic E-state index is 15.0. The first-order valence-electron chi connectivity index (χ1n) is 7.39. The lowest BCUT2D eigenvalue weighted by Gasteiger charge is -2.35. The summed E-state index contributed by atoms with van der Waals surface area (Å²) in [7, 11) is 1.56. The van der Waals surface area contributed by atoms with Crippen LogP contribution in [0.5, 0.6) is 5.88 Å². The number of aromatic nitrogens is 3. The molecule has 2 aromatic heterocycles. The minimum absolute atomic E-state index is 0.452. The average molecular weight is 302 g/mol. The Balaban J connectivity index is 1.59. The van der Waals surface area contributed by atoms with Crippen LogP contribution in [0, 0.1) is 0 Å². The van der Waals surface area contributed by atoms with Crippen molar-refractivity contribution in [3.05, 3.63) is 47.9 Å². The summed E-state index contributed by atoms with van der Waals surface area (Å²) in [5.41, 5.74) is 0.0902. The zero-order chi connectivity index (χ0) is 15.4. The van der Waals surface area contributed by atoms with E-state index in [9.17, 15) is 4.39 Å². The number of halogens is 1. The molecule has 0 atom stereocenters. The number of alkyl halides is 1. The lowest BCUT2D eigenvalue weighted by molar-refractivity contribution is 0.0484. The first kappa shape index (κ1) is 14.8. The summed E-state index contributed by atoms with van der Waals surface area (Å²) in [5, 5.41) is 8.07. The minimum Gasteiger partial charge on any atom is -0.480 e. The molecule has 0 N–H and O–H groups in total. The van der Waals surface area contributed by atoms with E-state index in [1.54, 1.807) is 25.4 Å². The van der Waals surface area contributed by atoms with Crippen molar-refractivity contribution in [1.29, 1.82) is 0 Å². The van der Waals surface area contributed by atoms with Crippen molar-refractivity contribution in [1.82, 2.24) is 20.1 Å². The van der Waals surface area contributed by atoms with Gasteiger partial charge in [0, 0.05) is 31.9 Å². The van der Waals surface area contributed by atoms with Crippen molar-refractivity contribution >= 4 is 0 Å². The quantitative estimate of drug-likeness (QED) is 0.867. The van der Waals surface area contributed by atoms with Crippen molar-refractivity contribution in [2.45, 2.75) is 25.1 Å². The topological polar surface area (TPSA) is 51.1 Å². The molecule has 0 saturated carbocycles. The third kappa shape index (κ3) is 3.22. The van der Waals surface area contributed by atoms with Gasteiger partial charge in [-0.3, -0.25) is 9.88 Å². The molecule has 0 aliphatic carbocycles. The van der Waals surface area contributed by atoms with Gasteiger partial charge in [0.1, 0.15) is 0 Å². The van der Waals surface area contributed by atoms with Crippen LogP contribution < -0.4 is 4.74 Å². The standard InChI is InChI=1S/C16H19FN4O/c1-22-15-6-5-13(19-20-15)12-21-10-7-16(17,8-11-21)14-4-2-3-9-18-14/h2-6,9H,7-8,10-12H2,1H3. The second-order valence-electron chi connectivity index (χ2n) is 5.52. The Hall–Kier alpha value is -2.08. The van der Waals surface area contributed by atoms with Crippen LogP contribution in [-0.4, -0.2) is 40.3 Å². The number of rotatable bonds is 4. The highest BCUT2D eigenvalue weighted by Gasteiger charge is 2.37. The van der Waals surface area contributed by atoms with E-state index in [0.29, 0.717) is 44.0 Å². The monoisotopic (exact) mass is 302 g/mol. The van der Waals surface area contributed by atoms with Gasteiger partial charge in [-0.05, 0) is 31.0 Å². The molecule has 1 fully saturated rings. The van der Waals surface area contributed by atoms with E-state index >= 15 is 0 Å². The molecule has 0 amide bonds. The lowest BCUT2D eigenvalue weighted by Crippen LogP contribution is -2.40. The predicted octanol–water partition coefficient (Wildman–Crippen LogP) is 2.34. The van der Waals surface area contributed by atoms with Gasteiger partial charge in [-0.2, -0.15) is 5.10 Å². The number of piperidine rings is 1. The first-order valence-corrected chi connectivity index (χ1v) is 7.39. The van der Waals surface area contributed by atoms with Gasteiger partial charge in [0.05, 0.1) is 18.5 Å². The molecular formula is C16H19FN4O. The van der Waals surface area contributed by atoms with E-state index in [4.69, 9.17) is 4.74 Å². The molecular weight excluding hydrogens is 283 g/mol. The SMILES string of the molecule is COc1ccc(CN2CCC(F)(c3ccccn3)CC2)nn1. The van der Waals surface area contributed by atoms with Crippen LogP contribution in [0.15, 0.2) is 36.5 Å². The maximum atomic E-state index is 15.0. The Labute approximate surface area is 129 Å². The molecule has 0 spiro atoms. The molecule has 0 bridgehead atoms. The Kier molecular flexibility index (Phi) is 4.29.